The molecule has 7 heteroatoms. The molecule has 1 aromatic heterocycles. The smallest absolute Gasteiger partial charge is 0.252 e. The molecule has 1 fully saturated rings. The van der Waals surface area contributed by atoms with E-state index >= 15 is 0 Å². The predicted octanol–water partition coefficient (Wildman–Crippen LogP) is 3.33. The first-order chi connectivity index (χ1) is 12.9. The van der Waals surface area contributed by atoms with Gasteiger partial charge in [-0.3, -0.25) is 0 Å². The normalized spacial score (nSPS) is 17.7. The summed E-state index contributed by atoms with van der Waals surface area (Å²) in [6, 6.07) is 11.5. The lowest BCUT2D eigenvalue weighted by atomic mass is 9.75. The topological polar surface area (TPSA) is 66.8 Å². The number of aliphatic hydroxyl groups is 1. The van der Waals surface area contributed by atoms with Crippen molar-refractivity contribution >= 4 is 21.4 Å². The molecule has 0 spiro atoms. The van der Waals surface area contributed by atoms with E-state index in [1.807, 2.05) is 37.3 Å². The molecular weight excluding hydrogens is 382 g/mol. The lowest BCUT2D eigenvalue weighted by Gasteiger charge is -2.40. The average Bonchev–Trinajstić information content (AvgIpc) is 3.19. The highest BCUT2D eigenvalue weighted by Crippen LogP contribution is 2.37. The molecule has 1 aromatic carbocycles. The van der Waals surface area contributed by atoms with E-state index in [9.17, 15) is 13.5 Å². The molecule has 1 N–H and O–H groups in total. The molecule has 2 aromatic rings. The van der Waals surface area contributed by atoms with Crippen molar-refractivity contribution in [3.8, 4) is 5.75 Å². The number of aliphatic hydroxyl groups excluding tert-OH is 1. The molecule has 148 valence electrons. The Kier molecular flexibility index (Phi) is 6.25. The SMILES string of the molecule is CCc1ccc(S(=O)(=O)N2CCC(CO)(Cc3ccc(OC)cc3)CC2)s1. The summed E-state index contributed by atoms with van der Waals surface area (Å²) < 4.78 is 33.0. The summed E-state index contributed by atoms with van der Waals surface area (Å²) in [4.78, 5) is 1.08. The summed E-state index contributed by atoms with van der Waals surface area (Å²) >= 11 is 1.35. The van der Waals surface area contributed by atoms with Gasteiger partial charge in [-0.25, -0.2) is 8.42 Å². The van der Waals surface area contributed by atoms with Crippen LogP contribution in [0.3, 0.4) is 0 Å². The van der Waals surface area contributed by atoms with Gasteiger partial charge in [0, 0.05) is 24.6 Å². The predicted molar refractivity (Wildman–Crippen MR) is 108 cm³/mol. The Morgan fingerprint density at radius 1 is 1.15 bits per heavy atom. The van der Waals surface area contributed by atoms with Crippen LogP contribution >= 0.6 is 11.3 Å². The van der Waals surface area contributed by atoms with E-state index in [0.717, 1.165) is 29.0 Å². The second-order valence-electron chi connectivity index (χ2n) is 7.16. The molecule has 3 rings (SSSR count). The summed E-state index contributed by atoms with van der Waals surface area (Å²) in [7, 11) is -1.80. The van der Waals surface area contributed by atoms with Crippen LogP contribution in [0.4, 0.5) is 0 Å². The zero-order chi connectivity index (χ0) is 19.5. The van der Waals surface area contributed by atoms with Gasteiger partial charge >= 0.3 is 0 Å². The van der Waals surface area contributed by atoms with Gasteiger partial charge in [0.05, 0.1) is 7.11 Å². The molecule has 0 radical (unpaired) electrons. The van der Waals surface area contributed by atoms with Gasteiger partial charge in [0.1, 0.15) is 9.96 Å². The molecule has 0 amide bonds. The van der Waals surface area contributed by atoms with Crippen LogP contribution in [0.15, 0.2) is 40.6 Å². The number of rotatable bonds is 7. The fourth-order valence-corrected chi connectivity index (χ4v) is 6.47. The van der Waals surface area contributed by atoms with Crippen molar-refractivity contribution in [1.82, 2.24) is 4.31 Å². The number of hydrogen-bond acceptors (Lipinski definition) is 5. The molecule has 1 saturated heterocycles. The first-order valence-corrected chi connectivity index (χ1v) is 11.5. The second kappa shape index (κ2) is 8.31. The van der Waals surface area contributed by atoms with Gasteiger partial charge in [-0.1, -0.05) is 19.1 Å². The van der Waals surface area contributed by atoms with E-state index in [2.05, 4.69) is 0 Å². The molecule has 27 heavy (non-hydrogen) atoms. The molecule has 2 heterocycles. The zero-order valence-corrected chi connectivity index (χ0v) is 17.5. The largest absolute Gasteiger partial charge is 0.497 e. The van der Waals surface area contributed by atoms with Crippen LogP contribution in [0, 0.1) is 5.41 Å². The van der Waals surface area contributed by atoms with Crippen molar-refractivity contribution in [1.29, 1.82) is 0 Å². The fraction of sp³-hybridized carbons (Fsp3) is 0.500. The maximum atomic E-state index is 12.9. The number of sulfonamides is 1. The minimum atomic E-state index is -3.44. The number of nitrogens with zero attached hydrogens (tertiary/aromatic N) is 1. The number of thiophene rings is 1. The second-order valence-corrected chi connectivity index (χ2v) is 10.5. The van der Waals surface area contributed by atoms with E-state index < -0.39 is 10.0 Å². The maximum Gasteiger partial charge on any atom is 0.252 e. The first kappa shape index (κ1) is 20.3. The summed E-state index contributed by atoms with van der Waals surface area (Å²) in [5.41, 5.74) is 0.858. The fourth-order valence-electron chi connectivity index (χ4n) is 3.58. The number of methoxy groups -OCH3 is 1. The van der Waals surface area contributed by atoms with Gasteiger partial charge < -0.3 is 9.84 Å². The molecule has 0 unspecified atom stereocenters. The molecule has 1 aliphatic rings. The molecule has 0 atom stereocenters. The lowest BCUT2D eigenvalue weighted by molar-refractivity contribution is 0.0685. The first-order valence-electron chi connectivity index (χ1n) is 9.25. The third-order valence-electron chi connectivity index (χ3n) is 5.44. The van der Waals surface area contributed by atoms with E-state index in [0.29, 0.717) is 30.1 Å². The molecule has 1 aliphatic heterocycles. The van der Waals surface area contributed by atoms with E-state index in [-0.39, 0.29) is 12.0 Å². The average molecular weight is 410 g/mol. The van der Waals surface area contributed by atoms with Crippen molar-refractivity contribution < 1.29 is 18.3 Å². The van der Waals surface area contributed by atoms with E-state index in [1.165, 1.54) is 11.3 Å². The quantitative estimate of drug-likeness (QED) is 0.762. The van der Waals surface area contributed by atoms with Crippen molar-refractivity contribution in [3.05, 3.63) is 46.8 Å². The summed E-state index contributed by atoms with van der Waals surface area (Å²) in [5.74, 6) is 0.806. The van der Waals surface area contributed by atoms with Crippen molar-refractivity contribution in [2.24, 2.45) is 5.41 Å². The highest BCUT2D eigenvalue weighted by Gasteiger charge is 2.38. The van der Waals surface area contributed by atoms with Crippen LogP contribution in [0.2, 0.25) is 0 Å². The van der Waals surface area contributed by atoms with Crippen molar-refractivity contribution in [3.63, 3.8) is 0 Å². The molecular formula is C20H27NO4S2. The summed E-state index contributed by atoms with van der Waals surface area (Å²) in [6.45, 7) is 2.97. The van der Waals surface area contributed by atoms with Gasteiger partial charge in [-0.05, 0) is 60.9 Å². The lowest BCUT2D eigenvalue weighted by Crippen LogP contribution is -2.45. The monoisotopic (exact) mass is 409 g/mol. The Morgan fingerprint density at radius 3 is 2.33 bits per heavy atom. The van der Waals surface area contributed by atoms with Crippen molar-refractivity contribution in [2.45, 2.75) is 36.8 Å². The van der Waals surface area contributed by atoms with Gasteiger partial charge in [0.2, 0.25) is 0 Å². The Labute approximate surface area is 165 Å². The summed E-state index contributed by atoms with van der Waals surface area (Å²) in [5, 5.41) is 10.1. The number of aryl methyl sites for hydroxylation is 1. The van der Waals surface area contributed by atoms with Gasteiger partial charge in [0.15, 0.2) is 0 Å². The van der Waals surface area contributed by atoms with Crippen LogP contribution < -0.4 is 4.74 Å². The number of hydrogen-bond donors (Lipinski definition) is 1. The van der Waals surface area contributed by atoms with Crippen LogP contribution in [0.5, 0.6) is 5.75 Å². The Bertz CT molecular complexity index is 850. The van der Waals surface area contributed by atoms with Crippen LogP contribution in [-0.4, -0.2) is 44.6 Å². The van der Waals surface area contributed by atoms with Gasteiger partial charge in [-0.15, -0.1) is 11.3 Å². The third kappa shape index (κ3) is 4.37. The van der Waals surface area contributed by atoms with Gasteiger partial charge in [-0.2, -0.15) is 4.31 Å². The molecule has 0 aliphatic carbocycles. The maximum absolute atomic E-state index is 12.9. The number of ether oxygens (including phenoxy) is 1. The van der Waals surface area contributed by atoms with Crippen LogP contribution in [0.1, 0.15) is 30.2 Å². The van der Waals surface area contributed by atoms with Crippen molar-refractivity contribution in [2.75, 3.05) is 26.8 Å². The standard InChI is InChI=1S/C20H27NO4S2/c1-3-18-8-9-19(26-18)27(23,24)21-12-10-20(15-22,11-13-21)14-16-4-6-17(25-2)7-5-16/h4-9,22H,3,10-15H2,1-2H3. The van der Waals surface area contributed by atoms with E-state index in [1.54, 1.807) is 17.5 Å². The molecule has 0 bridgehead atoms. The summed E-state index contributed by atoms with van der Waals surface area (Å²) in [6.07, 6.45) is 2.89. The zero-order valence-electron chi connectivity index (χ0n) is 15.8. The Hall–Kier alpha value is -1.41. The molecule has 5 nitrogen and oxygen atoms in total. The highest BCUT2D eigenvalue weighted by molar-refractivity contribution is 7.91. The van der Waals surface area contributed by atoms with E-state index in [4.69, 9.17) is 4.74 Å². The third-order valence-corrected chi connectivity index (χ3v) is 9.03. The minimum absolute atomic E-state index is 0.0614. The number of benzene rings is 1. The Morgan fingerprint density at radius 2 is 1.81 bits per heavy atom. The molecule has 0 saturated carbocycles. The number of piperidine rings is 1. The Balaban J connectivity index is 1.69. The van der Waals surface area contributed by atoms with Gasteiger partial charge in [0.25, 0.3) is 10.0 Å². The van der Waals surface area contributed by atoms with Crippen LogP contribution in [-0.2, 0) is 22.9 Å². The minimum Gasteiger partial charge on any atom is -0.497 e. The van der Waals surface area contributed by atoms with Crippen LogP contribution in [0.25, 0.3) is 0 Å². The highest BCUT2D eigenvalue weighted by atomic mass is 32.2.